The maximum atomic E-state index is 12.0. The van der Waals surface area contributed by atoms with Gasteiger partial charge < -0.3 is 11.1 Å². The number of carbonyl (C=O) groups is 1. The topological polar surface area (TPSA) is 72.9 Å². The number of carbonyl (C=O) groups excluding carboxylic acids is 1. The molecule has 0 saturated carbocycles. The van der Waals surface area contributed by atoms with Crippen LogP contribution in [0.25, 0.3) is 0 Å². The van der Waals surface area contributed by atoms with E-state index >= 15 is 0 Å². The second-order valence-corrected chi connectivity index (χ2v) is 4.11. The molecule has 0 aliphatic rings. The molecule has 0 fully saturated rings. The molecule has 2 aromatic rings. The molecular weight excluding hydrogens is 228 g/mol. The molecule has 0 aliphatic carbocycles. The van der Waals surface area contributed by atoms with Gasteiger partial charge in [-0.1, -0.05) is 19.1 Å². The number of hydrogen-bond acceptors (Lipinski definition) is 3. The summed E-state index contributed by atoms with van der Waals surface area (Å²) >= 11 is 0. The maximum absolute atomic E-state index is 12.0. The average Bonchev–Trinajstić information content (AvgIpc) is 2.69. The van der Waals surface area contributed by atoms with E-state index in [0.717, 1.165) is 12.1 Å². The van der Waals surface area contributed by atoms with Gasteiger partial charge in [0.15, 0.2) is 5.69 Å². The van der Waals surface area contributed by atoms with Crippen molar-refractivity contribution < 1.29 is 4.79 Å². The van der Waals surface area contributed by atoms with Gasteiger partial charge in [0, 0.05) is 18.9 Å². The Hall–Kier alpha value is -2.30. The molecule has 5 nitrogen and oxygen atoms in total. The number of nitrogens with two attached hydrogens (primary N) is 1. The molecule has 94 valence electrons. The van der Waals surface area contributed by atoms with Crippen LogP contribution in [0.15, 0.2) is 30.5 Å². The fourth-order valence-electron chi connectivity index (χ4n) is 1.74. The van der Waals surface area contributed by atoms with Crippen molar-refractivity contribution in [3.8, 4) is 0 Å². The number of benzene rings is 1. The molecule has 0 atom stereocenters. The van der Waals surface area contributed by atoms with Crippen LogP contribution < -0.4 is 11.1 Å². The van der Waals surface area contributed by atoms with Crippen LogP contribution >= 0.6 is 0 Å². The van der Waals surface area contributed by atoms with Gasteiger partial charge in [0.25, 0.3) is 5.91 Å². The third-order valence-corrected chi connectivity index (χ3v) is 2.67. The van der Waals surface area contributed by atoms with Gasteiger partial charge in [-0.15, -0.1) is 0 Å². The number of aryl methyl sites for hydroxylation is 2. The third-order valence-electron chi connectivity index (χ3n) is 2.67. The maximum Gasteiger partial charge on any atom is 0.278 e. The molecule has 0 bridgehead atoms. The predicted octanol–water partition coefficient (Wildman–Crippen LogP) is 1.82. The number of aromatic nitrogens is 2. The van der Waals surface area contributed by atoms with Crippen LogP contribution in [0.2, 0.25) is 0 Å². The summed E-state index contributed by atoms with van der Waals surface area (Å²) in [6, 6.07) is 7.72. The number of amides is 1. The monoisotopic (exact) mass is 244 g/mol. The van der Waals surface area contributed by atoms with Crippen molar-refractivity contribution in [2.45, 2.75) is 13.3 Å². The fourth-order valence-corrected chi connectivity index (χ4v) is 1.74. The number of nitrogen functional groups attached to an aromatic ring is 1. The molecule has 3 N–H and O–H groups in total. The Bertz CT molecular complexity index is 574. The first-order chi connectivity index (χ1) is 8.60. The number of nitrogens with one attached hydrogen (secondary N) is 1. The van der Waals surface area contributed by atoms with Crippen molar-refractivity contribution in [2.24, 2.45) is 7.05 Å². The average molecular weight is 244 g/mol. The summed E-state index contributed by atoms with van der Waals surface area (Å²) in [4.78, 5) is 12.0. The quantitative estimate of drug-likeness (QED) is 0.865. The van der Waals surface area contributed by atoms with Crippen LogP contribution in [0.5, 0.6) is 0 Å². The van der Waals surface area contributed by atoms with Crippen LogP contribution in [0.1, 0.15) is 23.0 Å². The summed E-state index contributed by atoms with van der Waals surface area (Å²) in [5.41, 5.74) is 8.26. The minimum Gasteiger partial charge on any atom is -0.396 e. The van der Waals surface area contributed by atoms with E-state index in [2.05, 4.69) is 17.3 Å². The van der Waals surface area contributed by atoms with Crippen molar-refractivity contribution in [2.75, 3.05) is 11.1 Å². The van der Waals surface area contributed by atoms with E-state index in [0.29, 0.717) is 5.69 Å². The standard InChI is InChI=1S/C13H16N4O/c1-3-9-5-4-6-10(7-9)15-13(18)12-11(14)8-17(2)16-12/h4-8H,3,14H2,1-2H3,(H,15,18). The first-order valence-electron chi connectivity index (χ1n) is 5.79. The zero-order valence-electron chi connectivity index (χ0n) is 10.5. The smallest absolute Gasteiger partial charge is 0.278 e. The van der Waals surface area contributed by atoms with Crippen molar-refractivity contribution in [1.29, 1.82) is 0 Å². The lowest BCUT2D eigenvalue weighted by atomic mass is 10.1. The minimum atomic E-state index is -0.290. The molecule has 2 rings (SSSR count). The van der Waals surface area contributed by atoms with Gasteiger partial charge in [-0.25, -0.2) is 0 Å². The van der Waals surface area contributed by atoms with Gasteiger partial charge in [-0.05, 0) is 24.1 Å². The molecule has 0 saturated heterocycles. The number of hydrogen-bond donors (Lipinski definition) is 2. The number of anilines is 2. The lowest BCUT2D eigenvalue weighted by molar-refractivity contribution is 0.102. The molecule has 1 heterocycles. The lowest BCUT2D eigenvalue weighted by Gasteiger charge is -2.05. The molecule has 0 spiro atoms. The number of rotatable bonds is 3. The molecule has 1 aromatic heterocycles. The Labute approximate surface area is 106 Å². The van der Waals surface area contributed by atoms with E-state index in [9.17, 15) is 4.79 Å². The third kappa shape index (κ3) is 2.51. The fraction of sp³-hybridized carbons (Fsp3) is 0.231. The van der Waals surface area contributed by atoms with E-state index in [1.54, 1.807) is 13.2 Å². The van der Waals surface area contributed by atoms with Gasteiger partial charge in [-0.2, -0.15) is 5.10 Å². The summed E-state index contributed by atoms with van der Waals surface area (Å²) < 4.78 is 1.52. The Morgan fingerprint density at radius 3 is 2.89 bits per heavy atom. The van der Waals surface area contributed by atoms with Crippen LogP contribution in [-0.2, 0) is 13.5 Å². The number of nitrogens with zero attached hydrogens (tertiary/aromatic N) is 2. The Morgan fingerprint density at radius 1 is 1.50 bits per heavy atom. The van der Waals surface area contributed by atoms with Crippen LogP contribution in [-0.4, -0.2) is 15.7 Å². The highest BCUT2D eigenvalue weighted by Gasteiger charge is 2.14. The van der Waals surface area contributed by atoms with E-state index in [4.69, 9.17) is 5.73 Å². The highest BCUT2D eigenvalue weighted by atomic mass is 16.2. The first kappa shape index (κ1) is 12.2. The van der Waals surface area contributed by atoms with Crippen molar-refractivity contribution >= 4 is 17.3 Å². The van der Waals surface area contributed by atoms with Gasteiger partial charge in [-0.3, -0.25) is 9.48 Å². The van der Waals surface area contributed by atoms with Gasteiger partial charge in [0.05, 0.1) is 5.69 Å². The largest absolute Gasteiger partial charge is 0.396 e. The zero-order chi connectivity index (χ0) is 13.1. The van der Waals surface area contributed by atoms with Gasteiger partial charge in [0.1, 0.15) is 0 Å². The molecule has 0 unspecified atom stereocenters. The van der Waals surface area contributed by atoms with E-state index in [-0.39, 0.29) is 11.6 Å². The van der Waals surface area contributed by atoms with Gasteiger partial charge in [0.2, 0.25) is 0 Å². The van der Waals surface area contributed by atoms with E-state index in [1.165, 1.54) is 10.2 Å². The molecule has 0 radical (unpaired) electrons. The second kappa shape index (κ2) is 4.91. The Morgan fingerprint density at radius 2 is 2.28 bits per heavy atom. The lowest BCUT2D eigenvalue weighted by Crippen LogP contribution is -2.14. The Balaban J connectivity index is 2.18. The summed E-state index contributed by atoms with van der Waals surface area (Å²) in [5, 5.41) is 6.82. The van der Waals surface area contributed by atoms with Crippen molar-refractivity contribution in [1.82, 2.24) is 9.78 Å². The molecular formula is C13H16N4O. The van der Waals surface area contributed by atoms with Gasteiger partial charge >= 0.3 is 0 Å². The molecule has 18 heavy (non-hydrogen) atoms. The normalized spacial score (nSPS) is 10.3. The summed E-state index contributed by atoms with van der Waals surface area (Å²) in [6.45, 7) is 2.07. The second-order valence-electron chi connectivity index (χ2n) is 4.11. The molecule has 5 heteroatoms. The van der Waals surface area contributed by atoms with Crippen LogP contribution in [0, 0.1) is 0 Å². The summed E-state index contributed by atoms with van der Waals surface area (Å²) in [6.07, 6.45) is 2.53. The van der Waals surface area contributed by atoms with Crippen molar-refractivity contribution in [3.63, 3.8) is 0 Å². The first-order valence-corrected chi connectivity index (χ1v) is 5.79. The summed E-state index contributed by atoms with van der Waals surface area (Å²) in [5.74, 6) is -0.290. The predicted molar refractivity (Wildman–Crippen MR) is 71.4 cm³/mol. The van der Waals surface area contributed by atoms with Crippen LogP contribution in [0.4, 0.5) is 11.4 Å². The molecule has 1 amide bonds. The highest BCUT2D eigenvalue weighted by Crippen LogP contribution is 2.14. The summed E-state index contributed by atoms with van der Waals surface area (Å²) in [7, 11) is 1.73. The van der Waals surface area contributed by atoms with Crippen molar-refractivity contribution in [3.05, 3.63) is 41.7 Å². The molecule has 0 aliphatic heterocycles. The Kier molecular flexibility index (Phi) is 3.32. The van der Waals surface area contributed by atoms with E-state index < -0.39 is 0 Å². The van der Waals surface area contributed by atoms with Crippen LogP contribution in [0.3, 0.4) is 0 Å². The van der Waals surface area contributed by atoms with E-state index in [1.807, 2.05) is 24.3 Å². The highest BCUT2D eigenvalue weighted by molar-refractivity contribution is 6.06. The zero-order valence-corrected chi connectivity index (χ0v) is 10.5. The minimum absolute atomic E-state index is 0.249. The molecule has 1 aromatic carbocycles. The SMILES string of the molecule is CCc1cccc(NC(=O)c2nn(C)cc2N)c1.